The second kappa shape index (κ2) is 25.9. The zero-order chi connectivity index (χ0) is 27.5. The van der Waals surface area contributed by atoms with E-state index >= 15 is 0 Å². The van der Waals surface area contributed by atoms with E-state index in [-0.39, 0.29) is 11.9 Å². The van der Waals surface area contributed by atoms with Crippen LogP contribution in [0.15, 0.2) is 12.2 Å². The molecule has 1 aliphatic carbocycles. The number of unbranched alkanes of at least 4 members (excludes halogenated alkanes) is 20. The molecule has 0 aromatic rings. The van der Waals surface area contributed by atoms with E-state index in [9.17, 15) is 9.59 Å². The first-order valence-electron chi connectivity index (χ1n) is 16.7. The molecule has 0 amide bonds. The van der Waals surface area contributed by atoms with E-state index in [1.807, 2.05) is 12.2 Å². The standard InChI is InChI=1S/C34H62O4/c1-3-5-7-9-11-13-15-16-18-20-22-26-30-38-34(36)32-28-24-23-27-31(32)33(35)37-29-25-21-19-17-14-12-10-8-6-4-2/h23-24,31-32H,3-22,25-30H2,1-2H3. The van der Waals surface area contributed by atoms with Gasteiger partial charge in [0.05, 0.1) is 25.0 Å². The molecule has 0 bridgehead atoms. The average molecular weight is 535 g/mol. The molecule has 0 fully saturated rings. The predicted molar refractivity (Wildman–Crippen MR) is 160 cm³/mol. The van der Waals surface area contributed by atoms with E-state index in [0.29, 0.717) is 26.1 Å². The third kappa shape index (κ3) is 18.9. The highest BCUT2D eigenvalue weighted by atomic mass is 16.5. The Balaban J connectivity index is 2.06. The third-order valence-corrected chi connectivity index (χ3v) is 8.02. The summed E-state index contributed by atoms with van der Waals surface area (Å²) in [7, 11) is 0. The fourth-order valence-corrected chi connectivity index (χ4v) is 5.43. The maximum Gasteiger partial charge on any atom is 0.310 e. The van der Waals surface area contributed by atoms with Crippen LogP contribution in [0.3, 0.4) is 0 Å². The summed E-state index contributed by atoms with van der Waals surface area (Å²) in [5.74, 6) is -1.23. The molecule has 2 atom stereocenters. The van der Waals surface area contributed by atoms with Crippen LogP contribution in [-0.2, 0) is 19.1 Å². The first-order chi connectivity index (χ1) is 18.7. The highest BCUT2D eigenvalue weighted by Crippen LogP contribution is 2.28. The van der Waals surface area contributed by atoms with E-state index in [1.165, 1.54) is 116 Å². The molecule has 0 aromatic carbocycles. The van der Waals surface area contributed by atoms with E-state index in [0.717, 1.165) is 25.7 Å². The fraction of sp³-hybridized carbons (Fsp3) is 0.882. The van der Waals surface area contributed by atoms with E-state index in [4.69, 9.17) is 9.47 Å². The highest BCUT2D eigenvalue weighted by molar-refractivity contribution is 5.82. The van der Waals surface area contributed by atoms with Crippen LogP contribution in [0.1, 0.15) is 168 Å². The van der Waals surface area contributed by atoms with Gasteiger partial charge in [0.2, 0.25) is 0 Å². The lowest BCUT2D eigenvalue weighted by atomic mass is 9.83. The topological polar surface area (TPSA) is 52.6 Å². The molecular formula is C34H62O4. The molecule has 0 aromatic heterocycles. The smallest absolute Gasteiger partial charge is 0.310 e. The molecule has 0 aliphatic heterocycles. The Hall–Kier alpha value is -1.32. The molecule has 222 valence electrons. The van der Waals surface area contributed by atoms with Crippen molar-refractivity contribution in [2.24, 2.45) is 11.8 Å². The van der Waals surface area contributed by atoms with Gasteiger partial charge in [0.25, 0.3) is 0 Å². The Kier molecular flexibility index (Phi) is 23.7. The molecule has 4 nitrogen and oxygen atoms in total. The molecule has 0 N–H and O–H groups in total. The Bertz CT molecular complexity index is 585. The summed E-state index contributed by atoms with van der Waals surface area (Å²) < 4.78 is 11.2. The lowest BCUT2D eigenvalue weighted by Gasteiger charge is -2.25. The quantitative estimate of drug-likeness (QED) is 0.0629. The van der Waals surface area contributed by atoms with Crippen LogP contribution in [0, 0.1) is 11.8 Å². The molecule has 0 saturated carbocycles. The first-order valence-corrected chi connectivity index (χ1v) is 16.7. The molecule has 0 radical (unpaired) electrons. The Morgan fingerprint density at radius 2 is 0.737 bits per heavy atom. The number of allylic oxidation sites excluding steroid dienone is 2. The van der Waals surface area contributed by atoms with Crippen LogP contribution in [0.5, 0.6) is 0 Å². The summed E-state index contributed by atoms with van der Waals surface area (Å²) in [5.41, 5.74) is 0. The monoisotopic (exact) mass is 534 g/mol. The zero-order valence-corrected chi connectivity index (χ0v) is 25.3. The number of ether oxygens (including phenoxy) is 2. The number of hydrogen-bond donors (Lipinski definition) is 0. The zero-order valence-electron chi connectivity index (χ0n) is 25.3. The van der Waals surface area contributed by atoms with Crippen molar-refractivity contribution in [2.75, 3.05) is 13.2 Å². The lowest BCUT2D eigenvalue weighted by Crippen LogP contribution is -2.34. The van der Waals surface area contributed by atoms with Crippen molar-refractivity contribution in [3.8, 4) is 0 Å². The Labute approximate surface area is 236 Å². The predicted octanol–water partition coefficient (Wildman–Crippen LogP) is 10.3. The Morgan fingerprint density at radius 3 is 1.03 bits per heavy atom. The summed E-state index contributed by atoms with van der Waals surface area (Å²) >= 11 is 0. The maximum atomic E-state index is 12.7. The third-order valence-electron chi connectivity index (χ3n) is 8.02. The molecule has 1 rings (SSSR count). The number of hydrogen-bond acceptors (Lipinski definition) is 4. The number of carbonyl (C=O) groups excluding carboxylic acids is 2. The van der Waals surface area contributed by atoms with Crippen molar-refractivity contribution < 1.29 is 19.1 Å². The summed E-state index contributed by atoms with van der Waals surface area (Å²) in [6, 6.07) is 0. The van der Waals surface area contributed by atoms with Gasteiger partial charge in [0, 0.05) is 0 Å². The second-order valence-electron chi connectivity index (χ2n) is 11.6. The molecule has 0 heterocycles. The second-order valence-corrected chi connectivity index (χ2v) is 11.6. The van der Waals surface area contributed by atoms with E-state index < -0.39 is 11.8 Å². The SMILES string of the molecule is CCCCCCCCCCCCCCOC(=O)C1CC=CCC1C(=O)OCCCCCCCCCCCC. The summed E-state index contributed by atoms with van der Waals surface area (Å²) in [5, 5.41) is 0. The van der Waals surface area contributed by atoms with Crippen LogP contribution in [-0.4, -0.2) is 25.2 Å². The van der Waals surface area contributed by atoms with Crippen molar-refractivity contribution in [1.29, 1.82) is 0 Å². The van der Waals surface area contributed by atoms with Gasteiger partial charge >= 0.3 is 11.9 Å². The summed E-state index contributed by atoms with van der Waals surface area (Å²) in [4.78, 5) is 25.4. The maximum absolute atomic E-state index is 12.7. The molecule has 4 heteroatoms. The van der Waals surface area contributed by atoms with Gasteiger partial charge in [0.15, 0.2) is 0 Å². The van der Waals surface area contributed by atoms with Crippen molar-refractivity contribution in [2.45, 2.75) is 168 Å². The number of rotatable bonds is 26. The first kappa shape index (κ1) is 34.7. The van der Waals surface area contributed by atoms with Crippen LogP contribution in [0.4, 0.5) is 0 Å². The van der Waals surface area contributed by atoms with Gasteiger partial charge in [-0.3, -0.25) is 9.59 Å². The molecular weight excluding hydrogens is 472 g/mol. The number of esters is 2. The molecule has 2 unspecified atom stereocenters. The van der Waals surface area contributed by atoms with Crippen molar-refractivity contribution in [1.82, 2.24) is 0 Å². The minimum atomic E-state index is -0.391. The van der Waals surface area contributed by atoms with Gasteiger partial charge in [-0.05, 0) is 25.7 Å². The molecule has 38 heavy (non-hydrogen) atoms. The van der Waals surface area contributed by atoms with Gasteiger partial charge < -0.3 is 9.47 Å². The van der Waals surface area contributed by atoms with Gasteiger partial charge in [-0.25, -0.2) is 0 Å². The van der Waals surface area contributed by atoms with Crippen LogP contribution in [0.2, 0.25) is 0 Å². The molecule has 0 saturated heterocycles. The Morgan fingerprint density at radius 1 is 0.474 bits per heavy atom. The lowest BCUT2D eigenvalue weighted by molar-refractivity contribution is -0.161. The van der Waals surface area contributed by atoms with Gasteiger partial charge in [-0.15, -0.1) is 0 Å². The highest BCUT2D eigenvalue weighted by Gasteiger charge is 2.36. The van der Waals surface area contributed by atoms with Crippen LogP contribution in [0.25, 0.3) is 0 Å². The minimum absolute atomic E-state index is 0.224. The summed E-state index contributed by atoms with van der Waals surface area (Å²) in [6.07, 6.45) is 33.2. The van der Waals surface area contributed by atoms with E-state index in [1.54, 1.807) is 0 Å². The molecule has 1 aliphatic rings. The fourth-order valence-electron chi connectivity index (χ4n) is 5.43. The summed E-state index contributed by atoms with van der Waals surface area (Å²) in [6.45, 7) is 5.46. The van der Waals surface area contributed by atoms with Gasteiger partial charge in [-0.1, -0.05) is 154 Å². The van der Waals surface area contributed by atoms with Crippen molar-refractivity contribution >= 4 is 11.9 Å². The van der Waals surface area contributed by atoms with Crippen molar-refractivity contribution in [3.63, 3.8) is 0 Å². The van der Waals surface area contributed by atoms with Crippen LogP contribution >= 0.6 is 0 Å². The van der Waals surface area contributed by atoms with Gasteiger partial charge in [0.1, 0.15) is 0 Å². The van der Waals surface area contributed by atoms with Gasteiger partial charge in [-0.2, -0.15) is 0 Å². The minimum Gasteiger partial charge on any atom is -0.465 e. The van der Waals surface area contributed by atoms with Crippen LogP contribution < -0.4 is 0 Å². The van der Waals surface area contributed by atoms with E-state index in [2.05, 4.69) is 13.8 Å². The average Bonchev–Trinajstić information content (AvgIpc) is 2.94. The largest absolute Gasteiger partial charge is 0.465 e. The molecule has 0 spiro atoms. The normalized spacial score (nSPS) is 17.0. The van der Waals surface area contributed by atoms with Crippen molar-refractivity contribution in [3.05, 3.63) is 12.2 Å². The number of carbonyl (C=O) groups is 2.